The van der Waals surface area contributed by atoms with E-state index < -0.39 is 5.91 Å². The lowest BCUT2D eigenvalue weighted by Crippen LogP contribution is -2.14. The molecule has 8 heteroatoms. The Kier molecular flexibility index (Phi) is 4.17. The van der Waals surface area contributed by atoms with Gasteiger partial charge in [-0.3, -0.25) is 9.59 Å². The van der Waals surface area contributed by atoms with Gasteiger partial charge in [-0.15, -0.1) is 11.3 Å². The van der Waals surface area contributed by atoms with Gasteiger partial charge in [-0.1, -0.05) is 11.2 Å². The van der Waals surface area contributed by atoms with Crippen molar-refractivity contribution in [2.45, 2.75) is 6.92 Å². The molecule has 27 heavy (non-hydrogen) atoms. The fourth-order valence-electron chi connectivity index (χ4n) is 2.74. The highest BCUT2D eigenvalue weighted by molar-refractivity contribution is 7.13. The van der Waals surface area contributed by atoms with E-state index in [0.717, 1.165) is 4.88 Å². The Hall–Kier alpha value is -3.52. The first-order chi connectivity index (χ1) is 13.0. The van der Waals surface area contributed by atoms with Crippen LogP contribution < -0.4 is 11.1 Å². The Labute approximate surface area is 157 Å². The van der Waals surface area contributed by atoms with Crippen molar-refractivity contribution in [3.63, 3.8) is 0 Å². The first-order valence-corrected chi connectivity index (χ1v) is 8.93. The molecule has 0 saturated heterocycles. The minimum Gasteiger partial charge on any atom is -0.366 e. The molecular weight excluding hydrogens is 364 g/mol. The highest BCUT2D eigenvalue weighted by atomic mass is 32.1. The van der Waals surface area contributed by atoms with Crippen molar-refractivity contribution >= 4 is 39.9 Å². The van der Waals surface area contributed by atoms with E-state index >= 15 is 0 Å². The highest BCUT2D eigenvalue weighted by Crippen LogP contribution is 2.29. The molecule has 0 bridgehead atoms. The van der Waals surface area contributed by atoms with Crippen molar-refractivity contribution in [3.05, 3.63) is 64.7 Å². The highest BCUT2D eigenvalue weighted by Gasteiger charge is 2.20. The summed E-state index contributed by atoms with van der Waals surface area (Å²) in [5.74, 6) is -0.845. The average molecular weight is 378 g/mol. The maximum atomic E-state index is 12.9. The van der Waals surface area contributed by atoms with Crippen molar-refractivity contribution in [1.29, 1.82) is 0 Å². The molecule has 3 N–H and O–H groups in total. The maximum absolute atomic E-state index is 12.9. The van der Waals surface area contributed by atoms with Gasteiger partial charge >= 0.3 is 0 Å². The third kappa shape index (κ3) is 3.18. The molecular formula is C19H14N4O3S. The molecule has 0 aliphatic rings. The Bertz CT molecular complexity index is 1150. The summed E-state index contributed by atoms with van der Waals surface area (Å²) < 4.78 is 5.28. The molecule has 1 aromatic carbocycles. The first kappa shape index (κ1) is 16.9. The largest absolute Gasteiger partial charge is 0.366 e. The topological polar surface area (TPSA) is 111 Å². The molecule has 3 aromatic heterocycles. The lowest BCUT2D eigenvalue weighted by molar-refractivity contribution is 0.0998. The summed E-state index contributed by atoms with van der Waals surface area (Å²) in [7, 11) is 0. The van der Waals surface area contributed by atoms with Crippen LogP contribution in [0, 0.1) is 6.92 Å². The molecule has 7 nitrogen and oxygen atoms in total. The molecule has 0 atom stereocenters. The molecule has 134 valence electrons. The number of amides is 2. The van der Waals surface area contributed by atoms with Gasteiger partial charge in [0.15, 0.2) is 0 Å². The molecule has 0 radical (unpaired) electrons. The second-order valence-corrected chi connectivity index (χ2v) is 6.82. The van der Waals surface area contributed by atoms with E-state index in [1.807, 2.05) is 17.5 Å². The van der Waals surface area contributed by atoms with Gasteiger partial charge in [0.1, 0.15) is 0 Å². The van der Waals surface area contributed by atoms with E-state index in [2.05, 4.69) is 15.5 Å². The van der Waals surface area contributed by atoms with Crippen LogP contribution in [-0.4, -0.2) is 22.0 Å². The average Bonchev–Trinajstić information content (AvgIpc) is 3.32. The molecule has 4 aromatic rings. The molecule has 0 aliphatic heterocycles. The van der Waals surface area contributed by atoms with Crippen LogP contribution in [-0.2, 0) is 0 Å². The minimum atomic E-state index is -0.524. The molecule has 0 fully saturated rings. The number of nitrogens with zero attached hydrogens (tertiary/aromatic N) is 2. The summed E-state index contributed by atoms with van der Waals surface area (Å²) in [6, 6.07) is 11.9. The van der Waals surface area contributed by atoms with Crippen LogP contribution in [0.2, 0.25) is 0 Å². The summed E-state index contributed by atoms with van der Waals surface area (Å²) in [6.45, 7) is 1.76. The molecule has 4 rings (SSSR count). The number of aromatic nitrogens is 2. The Morgan fingerprint density at radius 1 is 1.19 bits per heavy atom. The van der Waals surface area contributed by atoms with Crippen molar-refractivity contribution in [1.82, 2.24) is 10.1 Å². The van der Waals surface area contributed by atoms with Crippen molar-refractivity contribution in [2.75, 3.05) is 5.32 Å². The number of nitrogens with one attached hydrogen (secondary N) is 1. The number of primary amides is 1. The molecule has 0 aliphatic carbocycles. The number of thiophene rings is 1. The standard InChI is InChI=1S/C19H14N4O3S/c1-10-16-13(18(25)21-12-6-4-11(5-7-12)17(20)24)9-14(15-3-2-8-27-15)22-19(16)26-23-10/h2-9H,1H3,(H2,20,24)(H,21,25). The van der Waals surface area contributed by atoms with Gasteiger partial charge in [0.2, 0.25) is 5.91 Å². The van der Waals surface area contributed by atoms with Gasteiger partial charge in [-0.2, -0.15) is 0 Å². The lowest BCUT2D eigenvalue weighted by atomic mass is 10.1. The number of benzene rings is 1. The van der Waals surface area contributed by atoms with Crippen molar-refractivity contribution < 1.29 is 14.1 Å². The zero-order valence-electron chi connectivity index (χ0n) is 14.2. The number of aryl methyl sites for hydroxylation is 1. The number of fused-ring (bicyclic) bond motifs is 1. The number of anilines is 1. The van der Waals surface area contributed by atoms with Crippen LogP contribution in [0.5, 0.6) is 0 Å². The van der Waals surface area contributed by atoms with Gasteiger partial charge in [0.05, 0.1) is 27.2 Å². The van der Waals surface area contributed by atoms with E-state index in [0.29, 0.717) is 39.3 Å². The van der Waals surface area contributed by atoms with Crippen molar-refractivity contribution in [3.8, 4) is 10.6 Å². The van der Waals surface area contributed by atoms with Gasteiger partial charge in [-0.05, 0) is 48.7 Å². The number of pyridine rings is 1. The second-order valence-electron chi connectivity index (χ2n) is 5.88. The zero-order chi connectivity index (χ0) is 19.0. The fraction of sp³-hybridized carbons (Fsp3) is 0.0526. The van der Waals surface area contributed by atoms with Crippen LogP contribution in [0.3, 0.4) is 0 Å². The first-order valence-electron chi connectivity index (χ1n) is 8.05. The number of hydrogen-bond donors (Lipinski definition) is 2. The number of hydrogen-bond acceptors (Lipinski definition) is 6. The number of rotatable bonds is 4. The summed E-state index contributed by atoms with van der Waals surface area (Å²) in [5, 5.41) is 9.26. The third-order valence-corrected chi connectivity index (χ3v) is 4.96. The van der Waals surface area contributed by atoms with Crippen LogP contribution in [0.4, 0.5) is 5.69 Å². The molecule has 0 saturated carbocycles. The van der Waals surface area contributed by atoms with Crippen LogP contribution in [0.15, 0.2) is 52.4 Å². The SMILES string of the molecule is Cc1noc2nc(-c3cccs3)cc(C(=O)Nc3ccc(C(N)=O)cc3)c12. The van der Waals surface area contributed by atoms with E-state index in [4.69, 9.17) is 10.3 Å². The smallest absolute Gasteiger partial charge is 0.259 e. The van der Waals surface area contributed by atoms with Gasteiger partial charge in [-0.25, -0.2) is 4.98 Å². The summed E-state index contributed by atoms with van der Waals surface area (Å²) in [6.07, 6.45) is 0. The van der Waals surface area contributed by atoms with Crippen LogP contribution in [0.1, 0.15) is 26.4 Å². The van der Waals surface area contributed by atoms with Crippen LogP contribution >= 0.6 is 11.3 Å². The maximum Gasteiger partial charge on any atom is 0.259 e. The predicted octanol–water partition coefficient (Wildman–Crippen LogP) is 3.61. The zero-order valence-corrected chi connectivity index (χ0v) is 15.0. The molecule has 0 unspecified atom stereocenters. The molecule has 3 heterocycles. The van der Waals surface area contributed by atoms with Gasteiger partial charge < -0.3 is 15.6 Å². The number of carbonyl (C=O) groups excluding carboxylic acids is 2. The van der Waals surface area contributed by atoms with E-state index in [1.165, 1.54) is 11.3 Å². The third-order valence-electron chi connectivity index (χ3n) is 4.06. The van der Waals surface area contributed by atoms with Crippen LogP contribution in [0.25, 0.3) is 21.7 Å². The van der Waals surface area contributed by atoms with E-state index in [9.17, 15) is 9.59 Å². The second kappa shape index (κ2) is 6.65. The minimum absolute atomic E-state index is 0.313. The monoisotopic (exact) mass is 378 g/mol. The Morgan fingerprint density at radius 3 is 2.63 bits per heavy atom. The number of carbonyl (C=O) groups is 2. The normalized spacial score (nSPS) is 10.9. The van der Waals surface area contributed by atoms with Gasteiger partial charge in [0, 0.05) is 11.3 Å². The Morgan fingerprint density at radius 2 is 1.96 bits per heavy atom. The molecule has 2 amide bonds. The fourth-order valence-corrected chi connectivity index (χ4v) is 3.43. The lowest BCUT2D eigenvalue weighted by Gasteiger charge is -2.08. The summed E-state index contributed by atoms with van der Waals surface area (Å²) >= 11 is 1.52. The quantitative estimate of drug-likeness (QED) is 0.563. The van der Waals surface area contributed by atoms with E-state index in [1.54, 1.807) is 37.3 Å². The van der Waals surface area contributed by atoms with E-state index in [-0.39, 0.29) is 5.91 Å². The number of nitrogens with two attached hydrogens (primary N) is 1. The van der Waals surface area contributed by atoms with Gasteiger partial charge in [0.25, 0.3) is 11.6 Å². The molecule has 0 spiro atoms. The Balaban J connectivity index is 1.74. The predicted molar refractivity (Wildman–Crippen MR) is 103 cm³/mol. The summed E-state index contributed by atoms with van der Waals surface area (Å²) in [4.78, 5) is 29.5. The summed E-state index contributed by atoms with van der Waals surface area (Å²) in [5.41, 5.74) is 8.11. The van der Waals surface area contributed by atoms with Crippen molar-refractivity contribution in [2.24, 2.45) is 5.73 Å².